The SMILES string of the molecule is O=NN1CCC(/C=C/c2ccccc2)=N1. The third-order valence-electron chi connectivity index (χ3n) is 2.17. The number of nitrogens with zero attached hydrogens (tertiary/aromatic N) is 3. The van der Waals surface area contributed by atoms with Gasteiger partial charge in [-0.2, -0.15) is 5.10 Å². The third kappa shape index (κ3) is 2.49. The quantitative estimate of drug-likeness (QED) is 0.705. The number of hydrazone groups is 1. The summed E-state index contributed by atoms with van der Waals surface area (Å²) in [5.74, 6) is 0. The van der Waals surface area contributed by atoms with Crippen LogP contribution in [-0.4, -0.2) is 17.4 Å². The van der Waals surface area contributed by atoms with Crippen molar-refractivity contribution in [2.75, 3.05) is 6.54 Å². The molecule has 4 nitrogen and oxygen atoms in total. The van der Waals surface area contributed by atoms with E-state index in [-0.39, 0.29) is 0 Å². The number of nitroso groups, excluding NO2 is 1. The molecule has 1 aliphatic heterocycles. The smallest absolute Gasteiger partial charge is 0.0750 e. The molecule has 15 heavy (non-hydrogen) atoms. The highest BCUT2D eigenvalue weighted by Crippen LogP contribution is 2.09. The summed E-state index contributed by atoms with van der Waals surface area (Å²) >= 11 is 0. The van der Waals surface area contributed by atoms with Crippen LogP contribution in [0.4, 0.5) is 0 Å². The van der Waals surface area contributed by atoms with E-state index in [4.69, 9.17) is 0 Å². The minimum atomic E-state index is 0.581. The molecule has 0 amide bonds. The molecule has 76 valence electrons. The van der Waals surface area contributed by atoms with Crippen LogP contribution in [0.15, 0.2) is 46.8 Å². The van der Waals surface area contributed by atoms with Gasteiger partial charge in [0, 0.05) is 6.42 Å². The van der Waals surface area contributed by atoms with Crippen molar-refractivity contribution < 1.29 is 0 Å². The van der Waals surface area contributed by atoms with Crippen molar-refractivity contribution in [3.8, 4) is 0 Å². The molecule has 0 aromatic heterocycles. The largest absolute Gasteiger partial charge is 0.157 e. The first-order valence-electron chi connectivity index (χ1n) is 4.80. The first kappa shape index (κ1) is 9.58. The van der Waals surface area contributed by atoms with Crippen LogP contribution in [0.25, 0.3) is 6.08 Å². The fourth-order valence-corrected chi connectivity index (χ4v) is 1.40. The normalized spacial score (nSPS) is 15.7. The second-order valence-electron chi connectivity index (χ2n) is 3.26. The van der Waals surface area contributed by atoms with Crippen LogP contribution < -0.4 is 0 Å². The number of rotatable bonds is 3. The third-order valence-corrected chi connectivity index (χ3v) is 2.17. The summed E-state index contributed by atoms with van der Waals surface area (Å²) in [6, 6.07) is 9.97. The molecule has 0 radical (unpaired) electrons. The highest BCUT2D eigenvalue weighted by atomic mass is 16.3. The lowest BCUT2D eigenvalue weighted by atomic mass is 10.2. The molecule has 1 aromatic carbocycles. The average Bonchev–Trinajstić information content (AvgIpc) is 2.76. The molecule has 0 aliphatic carbocycles. The summed E-state index contributed by atoms with van der Waals surface area (Å²) in [6.07, 6.45) is 4.67. The zero-order valence-corrected chi connectivity index (χ0v) is 8.21. The Bertz CT molecular complexity index is 398. The van der Waals surface area contributed by atoms with Crippen molar-refractivity contribution in [2.24, 2.45) is 10.4 Å². The standard InChI is InChI=1S/C11H11N3O/c15-13-14-9-8-11(12-14)7-6-10-4-2-1-3-5-10/h1-7H,8-9H2/b7-6+. The van der Waals surface area contributed by atoms with Gasteiger partial charge < -0.3 is 0 Å². The van der Waals surface area contributed by atoms with Gasteiger partial charge in [0.1, 0.15) is 0 Å². The number of hydrogen-bond donors (Lipinski definition) is 0. The zero-order chi connectivity index (χ0) is 10.5. The predicted molar refractivity (Wildman–Crippen MR) is 60.0 cm³/mol. The molecule has 0 fully saturated rings. The van der Waals surface area contributed by atoms with E-state index in [1.165, 1.54) is 5.12 Å². The Hall–Kier alpha value is -1.97. The summed E-state index contributed by atoms with van der Waals surface area (Å²) in [4.78, 5) is 10.2. The van der Waals surface area contributed by atoms with Gasteiger partial charge in [0.15, 0.2) is 0 Å². The van der Waals surface area contributed by atoms with E-state index in [0.29, 0.717) is 6.54 Å². The Morgan fingerprint density at radius 1 is 1.27 bits per heavy atom. The lowest BCUT2D eigenvalue weighted by Gasteiger charge is -1.95. The summed E-state index contributed by atoms with van der Waals surface area (Å²) in [7, 11) is 0. The maximum Gasteiger partial charge on any atom is 0.0750 e. The number of hydrogen-bond acceptors (Lipinski definition) is 3. The second kappa shape index (κ2) is 4.50. The van der Waals surface area contributed by atoms with Crippen LogP contribution in [0.1, 0.15) is 12.0 Å². The molecular weight excluding hydrogens is 190 g/mol. The molecular formula is C11H11N3O. The van der Waals surface area contributed by atoms with Gasteiger partial charge in [-0.15, -0.1) is 10.0 Å². The van der Waals surface area contributed by atoms with Crippen LogP contribution in [-0.2, 0) is 0 Å². The lowest BCUT2D eigenvalue weighted by molar-refractivity contribution is 0.332. The van der Waals surface area contributed by atoms with E-state index < -0.39 is 0 Å². The zero-order valence-electron chi connectivity index (χ0n) is 8.21. The van der Waals surface area contributed by atoms with Crippen molar-refractivity contribution in [1.29, 1.82) is 0 Å². The maximum atomic E-state index is 10.2. The molecule has 0 unspecified atom stereocenters. The van der Waals surface area contributed by atoms with Gasteiger partial charge in [0.2, 0.25) is 0 Å². The van der Waals surface area contributed by atoms with E-state index >= 15 is 0 Å². The number of benzene rings is 1. The molecule has 0 atom stereocenters. The van der Waals surface area contributed by atoms with Gasteiger partial charge in [-0.25, -0.2) is 0 Å². The molecule has 1 aromatic rings. The van der Waals surface area contributed by atoms with E-state index in [2.05, 4.69) is 10.4 Å². The van der Waals surface area contributed by atoms with Crippen molar-refractivity contribution in [3.05, 3.63) is 46.9 Å². The van der Waals surface area contributed by atoms with E-state index in [1.54, 1.807) is 0 Å². The topological polar surface area (TPSA) is 45.0 Å². The first-order valence-corrected chi connectivity index (χ1v) is 4.80. The van der Waals surface area contributed by atoms with Gasteiger partial charge in [-0.3, -0.25) is 0 Å². The molecule has 1 aliphatic rings. The second-order valence-corrected chi connectivity index (χ2v) is 3.26. The Balaban J connectivity index is 2.04. The maximum absolute atomic E-state index is 10.2. The fourth-order valence-electron chi connectivity index (χ4n) is 1.40. The summed E-state index contributed by atoms with van der Waals surface area (Å²) < 4.78 is 0. The van der Waals surface area contributed by atoms with Crippen molar-refractivity contribution in [2.45, 2.75) is 6.42 Å². The molecule has 4 heteroatoms. The van der Waals surface area contributed by atoms with E-state index in [1.807, 2.05) is 42.5 Å². The Morgan fingerprint density at radius 2 is 2.07 bits per heavy atom. The van der Waals surface area contributed by atoms with Crippen LogP contribution >= 0.6 is 0 Å². The van der Waals surface area contributed by atoms with Crippen molar-refractivity contribution in [3.63, 3.8) is 0 Å². The van der Waals surface area contributed by atoms with Crippen molar-refractivity contribution in [1.82, 2.24) is 5.12 Å². The van der Waals surface area contributed by atoms with Gasteiger partial charge in [-0.05, 0) is 11.6 Å². The lowest BCUT2D eigenvalue weighted by Crippen LogP contribution is -2.02. The number of allylic oxidation sites excluding steroid dienone is 1. The van der Waals surface area contributed by atoms with E-state index in [0.717, 1.165) is 17.7 Å². The van der Waals surface area contributed by atoms with Crippen LogP contribution in [0.2, 0.25) is 0 Å². The van der Waals surface area contributed by atoms with Gasteiger partial charge in [0.05, 0.1) is 17.5 Å². The molecule has 1 heterocycles. The Morgan fingerprint density at radius 3 is 2.73 bits per heavy atom. The predicted octanol–water partition coefficient (Wildman–Crippen LogP) is 2.44. The fraction of sp³-hybridized carbons (Fsp3) is 0.182. The van der Waals surface area contributed by atoms with Gasteiger partial charge >= 0.3 is 0 Å². The van der Waals surface area contributed by atoms with Crippen LogP contribution in [0.5, 0.6) is 0 Å². The summed E-state index contributed by atoms with van der Waals surface area (Å²) in [5, 5.41) is 7.93. The van der Waals surface area contributed by atoms with Gasteiger partial charge in [0.25, 0.3) is 0 Å². The van der Waals surface area contributed by atoms with Gasteiger partial charge in [-0.1, -0.05) is 36.4 Å². The van der Waals surface area contributed by atoms with Crippen LogP contribution in [0, 0.1) is 4.91 Å². The molecule has 0 saturated carbocycles. The molecule has 0 bridgehead atoms. The summed E-state index contributed by atoms with van der Waals surface area (Å²) in [6.45, 7) is 0.581. The Labute approximate surface area is 87.9 Å². The monoisotopic (exact) mass is 201 g/mol. The molecule has 0 N–H and O–H groups in total. The summed E-state index contributed by atoms with van der Waals surface area (Å²) in [5.41, 5.74) is 2.01. The van der Waals surface area contributed by atoms with Crippen LogP contribution in [0.3, 0.4) is 0 Å². The highest BCUT2D eigenvalue weighted by Gasteiger charge is 2.11. The Kier molecular flexibility index (Phi) is 2.88. The molecule has 2 rings (SSSR count). The van der Waals surface area contributed by atoms with E-state index in [9.17, 15) is 4.91 Å². The first-order chi connectivity index (χ1) is 7.38. The molecule has 0 spiro atoms. The average molecular weight is 201 g/mol. The van der Waals surface area contributed by atoms with Crippen molar-refractivity contribution >= 4 is 11.8 Å². The minimum Gasteiger partial charge on any atom is -0.157 e. The minimum absolute atomic E-state index is 0.581. The molecule has 0 saturated heterocycles. The highest BCUT2D eigenvalue weighted by molar-refractivity contribution is 5.98.